The average molecular weight is 420 g/mol. The number of ether oxygens (including phenoxy) is 1. The molecule has 3 aromatic rings. The van der Waals surface area contributed by atoms with Crippen LogP contribution in [0.4, 0.5) is 11.4 Å². The molecule has 3 rings (SSSR count). The normalized spacial score (nSPS) is 10.2. The lowest BCUT2D eigenvalue weighted by atomic mass is 10.2. The van der Waals surface area contributed by atoms with Gasteiger partial charge >= 0.3 is 17.8 Å². The highest BCUT2D eigenvalue weighted by Gasteiger charge is 2.19. The molecular weight excluding hydrogens is 400 g/mol. The minimum atomic E-state index is -0.883. The predicted octanol–water partition coefficient (Wildman–Crippen LogP) is 4.59. The summed E-state index contributed by atoms with van der Waals surface area (Å²) in [5, 5.41) is 5.12. The fourth-order valence-corrected chi connectivity index (χ4v) is 3.53. The van der Waals surface area contributed by atoms with Gasteiger partial charge in [-0.1, -0.05) is 54.2 Å². The van der Waals surface area contributed by atoms with Crippen LogP contribution in [0.25, 0.3) is 0 Å². The van der Waals surface area contributed by atoms with Gasteiger partial charge in [0.15, 0.2) is 0 Å². The van der Waals surface area contributed by atoms with Gasteiger partial charge in [-0.3, -0.25) is 9.59 Å². The van der Waals surface area contributed by atoms with Crippen molar-refractivity contribution in [3.63, 3.8) is 0 Å². The third kappa shape index (κ3) is 5.48. The summed E-state index contributed by atoms with van der Waals surface area (Å²) in [5.41, 5.74) is 0.911. The van der Waals surface area contributed by atoms with Crippen molar-refractivity contribution >= 4 is 40.9 Å². The third-order valence-corrected chi connectivity index (χ3v) is 5.07. The van der Waals surface area contributed by atoms with Crippen molar-refractivity contribution in [1.29, 1.82) is 0 Å². The molecule has 0 atom stereocenters. The van der Waals surface area contributed by atoms with Crippen molar-refractivity contribution in [3.8, 4) is 0 Å². The maximum atomic E-state index is 12.5. The van der Waals surface area contributed by atoms with Crippen LogP contribution >= 0.6 is 11.8 Å². The van der Waals surface area contributed by atoms with E-state index in [-0.39, 0.29) is 17.9 Å². The molecule has 0 saturated heterocycles. The molecule has 152 valence electrons. The molecule has 2 amide bonds. The largest absolute Gasteiger partial charge is 0.462 e. The van der Waals surface area contributed by atoms with Gasteiger partial charge in [-0.25, -0.2) is 4.79 Å². The number of carbonyl (C=O) groups excluding carboxylic acids is 3. The first-order chi connectivity index (χ1) is 14.6. The van der Waals surface area contributed by atoms with Gasteiger partial charge in [0, 0.05) is 9.79 Å². The quantitative estimate of drug-likeness (QED) is 0.450. The number of hydrogen-bond acceptors (Lipinski definition) is 5. The van der Waals surface area contributed by atoms with Crippen LogP contribution in [0, 0.1) is 0 Å². The second-order valence-electron chi connectivity index (χ2n) is 6.09. The van der Waals surface area contributed by atoms with Crippen molar-refractivity contribution in [2.45, 2.75) is 16.7 Å². The Morgan fingerprint density at radius 1 is 0.767 bits per heavy atom. The zero-order valence-electron chi connectivity index (χ0n) is 16.3. The van der Waals surface area contributed by atoms with Gasteiger partial charge in [0.2, 0.25) is 0 Å². The maximum Gasteiger partial charge on any atom is 0.340 e. The fourth-order valence-electron chi connectivity index (χ4n) is 2.61. The summed E-state index contributed by atoms with van der Waals surface area (Å²) in [6, 6.07) is 23.3. The lowest BCUT2D eigenvalue weighted by Crippen LogP contribution is -2.30. The number of anilines is 2. The van der Waals surface area contributed by atoms with Crippen LogP contribution in [0.2, 0.25) is 0 Å². The smallest absolute Gasteiger partial charge is 0.340 e. The molecule has 2 N–H and O–H groups in total. The van der Waals surface area contributed by atoms with Crippen LogP contribution in [-0.4, -0.2) is 24.4 Å². The Bertz CT molecular complexity index is 1050. The topological polar surface area (TPSA) is 84.5 Å². The molecular formula is C23H20N2O4S. The summed E-state index contributed by atoms with van der Waals surface area (Å²) < 4.78 is 4.99. The Kier molecular flexibility index (Phi) is 7.24. The summed E-state index contributed by atoms with van der Waals surface area (Å²) in [6.45, 7) is 1.90. The monoisotopic (exact) mass is 420 g/mol. The SMILES string of the molecule is CCOC(=O)c1ccccc1NC(=O)C(=O)Nc1ccccc1Sc1ccccc1. The van der Waals surface area contributed by atoms with E-state index in [0.29, 0.717) is 5.69 Å². The Morgan fingerprint density at radius 3 is 2.03 bits per heavy atom. The zero-order chi connectivity index (χ0) is 21.3. The van der Waals surface area contributed by atoms with Crippen molar-refractivity contribution in [1.82, 2.24) is 0 Å². The van der Waals surface area contributed by atoms with Crippen LogP contribution < -0.4 is 10.6 Å². The number of esters is 1. The molecule has 0 heterocycles. The highest BCUT2D eigenvalue weighted by Crippen LogP contribution is 2.33. The summed E-state index contributed by atoms with van der Waals surface area (Å²) in [5.74, 6) is -2.29. The molecule has 0 saturated carbocycles. The first kappa shape index (κ1) is 21.1. The van der Waals surface area contributed by atoms with Crippen molar-refractivity contribution in [3.05, 3.63) is 84.4 Å². The van der Waals surface area contributed by atoms with E-state index in [4.69, 9.17) is 4.74 Å². The number of carbonyl (C=O) groups is 3. The molecule has 0 aromatic heterocycles. The van der Waals surface area contributed by atoms with Crippen molar-refractivity contribution in [2.24, 2.45) is 0 Å². The van der Waals surface area contributed by atoms with E-state index in [0.717, 1.165) is 9.79 Å². The third-order valence-electron chi connectivity index (χ3n) is 3.98. The van der Waals surface area contributed by atoms with Crippen LogP contribution in [-0.2, 0) is 14.3 Å². The lowest BCUT2D eigenvalue weighted by molar-refractivity contribution is -0.133. The molecule has 0 aliphatic rings. The molecule has 30 heavy (non-hydrogen) atoms. The molecule has 0 bridgehead atoms. The number of para-hydroxylation sites is 2. The van der Waals surface area contributed by atoms with E-state index in [1.807, 2.05) is 42.5 Å². The molecule has 7 heteroatoms. The van der Waals surface area contributed by atoms with Gasteiger partial charge in [-0.15, -0.1) is 0 Å². The van der Waals surface area contributed by atoms with Gasteiger partial charge in [0.05, 0.1) is 23.5 Å². The van der Waals surface area contributed by atoms with E-state index in [1.54, 1.807) is 31.2 Å². The van der Waals surface area contributed by atoms with Gasteiger partial charge in [0.1, 0.15) is 0 Å². The molecule has 0 spiro atoms. The molecule has 0 radical (unpaired) electrons. The number of hydrogen-bond donors (Lipinski definition) is 2. The second-order valence-corrected chi connectivity index (χ2v) is 7.20. The minimum Gasteiger partial charge on any atom is -0.462 e. The lowest BCUT2D eigenvalue weighted by Gasteiger charge is -2.12. The molecule has 0 unspecified atom stereocenters. The fraction of sp³-hybridized carbons (Fsp3) is 0.0870. The Morgan fingerprint density at radius 2 is 1.33 bits per heavy atom. The van der Waals surface area contributed by atoms with Crippen LogP contribution in [0.1, 0.15) is 17.3 Å². The molecule has 6 nitrogen and oxygen atoms in total. The summed E-state index contributed by atoms with van der Waals surface area (Å²) in [4.78, 5) is 38.8. The predicted molar refractivity (Wildman–Crippen MR) is 117 cm³/mol. The molecule has 3 aromatic carbocycles. The Balaban J connectivity index is 1.72. The molecule has 0 aliphatic heterocycles. The summed E-state index contributed by atoms with van der Waals surface area (Å²) >= 11 is 1.48. The minimum absolute atomic E-state index is 0.181. The van der Waals surface area contributed by atoms with Gasteiger partial charge in [-0.05, 0) is 43.3 Å². The van der Waals surface area contributed by atoms with E-state index in [1.165, 1.54) is 23.9 Å². The average Bonchev–Trinajstić information content (AvgIpc) is 2.76. The number of rotatable bonds is 6. The standard InChI is InChI=1S/C23H20N2O4S/c1-2-29-23(28)17-12-6-7-13-18(17)24-21(26)22(27)25-19-14-8-9-15-20(19)30-16-10-4-3-5-11-16/h3-15H,2H2,1H3,(H,24,26)(H,25,27). The van der Waals surface area contributed by atoms with Crippen LogP contribution in [0.3, 0.4) is 0 Å². The number of amides is 2. The molecule has 0 aliphatic carbocycles. The molecule has 0 fully saturated rings. The highest BCUT2D eigenvalue weighted by molar-refractivity contribution is 7.99. The zero-order valence-corrected chi connectivity index (χ0v) is 17.1. The number of benzene rings is 3. The van der Waals surface area contributed by atoms with Crippen LogP contribution in [0.15, 0.2) is 88.7 Å². The first-order valence-electron chi connectivity index (χ1n) is 9.29. The van der Waals surface area contributed by atoms with Gasteiger partial charge < -0.3 is 15.4 Å². The Labute approximate surface area is 178 Å². The summed E-state index contributed by atoms with van der Waals surface area (Å²) in [7, 11) is 0. The van der Waals surface area contributed by atoms with E-state index >= 15 is 0 Å². The van der Waals surface area contributed by atoms with Gasteiger partial charge in [0.25, 0.3) is 0 Å². The van der Waals surface area contributed by atoms with Gasteiger partial charge in [-0.2, -0.15) is 0 Å². The Hall–Kier alpha value is -3.58. The van der Waals surface area contributed by atoms with Crippen molar-refractivity contribution < 1.29 is 19.1 Å². The maximum absolute atomic E-state index is 12.5. The van der Waals surface area contributed by atoms with Crippen LogP contribution in [0.5, 0.6) is 0 Å². The summed E-state index contributed by atoms with van der Waals surface area (Å²) in [6.07, 6.45) is 0. The number of nitrogens with one attached hydrogen (secondary N) is 2. The second kappa shape index (κ2) is 10.3. The van der Waals surface area contributed by atoms with Crippen molar-refractivity contribution in [2.75, 3.05) is 17.2 Å². The highest BCUT2D eigenvalue weighted by atomic mass is 32.2. The van der Waals surface area contributed by atoms with E-state index in [9.17, 15) is 14.4 Å². The van der Waals surface area contributed by atoms with E-state index < -0.39 is 17.8 Å². The first-order valence-corrected chi connectivity index (χ1v) is 10.1. The van der Waals surface area contributed by atoms with E-state index in [2.05, 4.69) is 10.6 Å².